The van der Waals surface area contributed by atoms with Crippen molar-refractivity contribution in [1.29, 1.82) is 0 Å². The van der Waals surface area contributed by atoms with Gasteiger partial charge in [-0.3, -0.25) is 0 Å². The molecule has 1 spiro atoms. The summed E-state index contributed by atoms with van der Waals surface area (Å²) in [6.45, 7) is 3.38. The van der Waals surface area contributed by atoms with Crippen molar-refractivity contribution >= 4 is 0 Å². The summed E-state index contributed by atoms with van der Waals surface area (Å²) in [6, 6.07) is 11.5. The van der Waals surface area contributed by atoms with Gasteiger partial charge < -0.3 is 24.6 Å². The summed E-state index contributed by atoms with van der Waals surface area (Å²) in [7, 11) is 0. The highest BCUT2D eigenvalue weighted by molar-refractivity contribution is 5.48. The molecule has 2 aromatic carbocycles. The van der Waals surface area contributed by atoms with Crippen LogP contribution in [-0.2, 0) is 18.0 Å². The molecule has 0 aromatic heterocycles. The molecule has 0 radical (unpaired) electrons. The summed E-state index contributed by atoms with van der Waals surface area (Å²) < 4.78 is 51.2. The molecule has 0 bridgehead atoms. The van der Waals surface area contributed by atoms with Gasteiger partial charge in [0.25, 0.3) is 0 Å². The van der Waals surface area contributed by atoms with Crippen LogP contribution >= 0.6 is 0 Å². The number of aliphatic hydroxyl groups is 2. The molecule has 0 unspecified atom stereocenters. The Hall–Kier alpha value is -2.29. The third kappa shape index (κ3) is 5.62. The first-order valence-corrected chi connectivity index (χ1v) is 11.4. The van der Waals surface area contributed by atoms with Crippen LogP contribution < -0.4 is 9.47 Å². The van der Waals surface area contributed by atoms with Crippen molar-refractivity contribution in [2.75, 3.05) is 32.8 Å². The normalized spacial score (nSPS) is 17.9. The van der Waals surface area contributed by atoms with Gasteiger partial charge in [-0.05, 0) is 56.5 Å². The minimum Gasteiger partial charge on any atom is -0.493 e. The van der Waals surface area contributed by atoms with Crippen LogP contribution in [0, 0.1) is 0 Å². The van der Waals surface area contributed by atoms with Crippen LogP contribution in [0.1, 0.15) is 42.4 Å². The lowest BCUT2D eigenvalue weighted by Crippen LogP contribution is -2.44. The van der Waals surface area contributed by atoms with E-state index in [4.69, 9.17) is 19.7 Å². The smallest absolute Gasteiger partial charge is 0.416 e. The summed E-state index contributed by atoms with van der Waals surface area (Å²) in [4.78, 5) is 2.25. The number of benzene rings is 2. The number of aliphatic hydroxyl groups excluding tert-OH is 1. The SMILES string of the molecule is OC(O)CCN1CCC2(CC1)COc1cc(OCCCc3ccccc3C(F)(F)F)ccc12. The maximum Gasteiger partial charge on any atom is 0.416 e. The molecule has 2 aromatic rings. The molecule has 1 fully saturated rings. The van der Waals surface area contributed by atoms with Gasteiger partial charge in [0.15, 0.2) is 6.29 Å². The highest BCUT2D eigenvalue weighted by Crippen LogP contribution is 2.46. The van der Waals surface area contributed by atoms with Gasteiger partial charge in [-0.2, -0.15) is 13.2 Å². The standard InChI is InChI=1S/C25H30F3NO4/c26-25(27,28)20-6-2-1-4-18(20)5-3-15-32-19-7-8-21-22(16-19)33-17-24(21)10-13-29(14-11-24)12-9-23(30)31/h1-2,4,6-8,16,23,30-31H,3,5,9-15,17H2. The summed E-state index contributed by atoms with van der Waals surface area (Å²) >= 11 is 0. The van der Waals surface area contributed by atoms with Gasteiger partial charge in [0.1, 0.15) is 11.5 Å². The van der Waals surface area contributed by atoms with Crippen LogP contribution in [0.4, 0.5) is 13.2 Å². The van der Waals surface area contributed by atoms with Gasteiger partial charge >= 0.3 is 6.18 Å². The second-order valence-corrected chi connectivity index (χ2v) is 8.94. The van der Waals surface area contributed by atoms with E-state index < -0.39 is 18.0 Å². The zero-order chi connectivity index (χ0) is 23.5. The maximum atomic E-state index is 13.1. The van der Waals surface area contributed by atoms with E-state index in [1.807, 2.05) is 18.2 Å². The monoisotopic (exact) mass is 465 g/mol. The first kappa shape index (κ1) is 23.9. The van der Waals surface area contributed by atoms with Crippen LogP contribution in [0.3, 0.4) is 0 Å². The van der Waals surface area contributed by atoms with Crippen molar-refractivity contribution < 1.29 is 32.9 Å². The van der Waals surface area contributed by atoms with Crippen molar-refractivity contribution in [3.8, 4) is 11.5 Å². The molecular formula is C25H30F3NO4. The fourth-order valence-corrected chi connectivity index (χ4v) is 4.83. The minimum absolute atomic E-state index is 0.0243. The fourth-order valence-electron chi connectivity index (χ4n) is 4.83. The second kappa shape index (κ2) is 9.91. The third-order valence-corrected chi connectivity index (χ3v) is 6.73. The Morgan fingerprint density at radius 2 is 1.85 bits per heavy atom. The fraction of sp³-hybridized carbons (Fsp3) is 0.520. The first-order chi connectivity index (χ1) is 15.8. The highest BCUT2D eigenvalue weighted by atomic mass is 19.4. The molecule has 0 aliphatic carbocycles. The summed E-state index contributed by atoms with van der Waals surface area (Å²) in [6.07, 6.45) is -2.60. The number of likely N-dealkylation sites (tertiary alicyclic amines) is 1. The molecule has 0 atom stereocenters. The van der Waals surface area contributed by atoms with Crippen LogP contribution in [0.2, 0.25) is 0 Å². The molecule has 8 heteroatoms. The Morgan fingerprint density at radius 3 is 2.58 bits per heavy atom. The number of piperidine rings is 1. The lowest BCUT2D eigenvalue weighted by atomic mass is 9.74. The summed E-state index contributed by atoms with van der Waals surface area (Å²) in [5.74, 6) is 1.47. The average molecular weight is 466 g/mol. The Bertz CT molecular complexity index is 939. The number of fused-ring (bicyclic) bond motifs is 2. The molecule has 33 heavy (non-hydrogen) atoms. The Morgan fingerprint density at radius 1 is 1.09 bits per heavy atom. The quantitative estimate of drug-likeness (QED) is 0.453. The maximum absolute atomic E-state index is 13.1. The molecule has 1 saturated heterocycles. The molecule has 4 rings (SSSR count). The molecule has 5 nitrogen and oxygen atoms in total. The number of hydrogen-bond acceptors (Lipinski definition) is 5. The number of aryl methyl sites for hydroxylation is 1. The number of hydrogen-bond donors (Lipinski definition) is 2. The van der Waals surface area contributed by atoms with E-state index in [0.29, 0.717) is 44.8 Å². The third-order valence-electron chi connectivity index (χ3n) is 6.73. The van der Waals surface area contributed by atoms with E-state index in [0.717, 1.165) is 37.7 Å². The zero-order valence-electron chi connectivity index (χ0n) is 18.5. The van der Waals surface area contributed by atoms with Crippen molar-refractivity contribution in [2.24, 2.45) is 0 Å². The highest BCUT2D eigenvalue weighted by Gasteiger charge is 2.43. The van der Waals surface area contributed by atoms with E-state index >= 15 is 0 Å². The van der Waals surface area contributed by atoms with E-state index in [9.17, 15) is 13.2 Å². The van der Waals surface area contributed by atoms with Gasteiger partial charge in [-0.15, -0.1) is 0 Å². The molecular weight excluding hydrogens is 435 g/mol. The van der Waals surface area contributed by atoms with Crippen LogP contribution in [-0.4, -0.2) is 54.3 Å². The molecule has 180 valence electrons. The second-order valence-electron chi connectivity index (χ2n) is 8.94. The van der Waals surface area contributed by atoms with Gasteiger partial charge in [-0.25, -0.2) is 0 Å². The van der Waals surface area contributed by atoms with Gasteiger partial charge in [0.2, 0.25) is 0 Å². The molecule has 0 amide bonds. The molecule has 2 aliphatic rings. The van der Waals surface area contributed by atoms with Gasteiger partial charge in [0.05, 0.1) is 18.8 Å². The van der Waals surface area contributed by atoms with Crippen LogP contribution in [0.15, 0.2) is 42.5 Å². The van der Waals surface area contributed by atoms with Crippen molar-refractivity contribution in [1.82, 2.24) is 4.90 Å². The van der Waals surface area contributed by atoms with Crippen molar-refractivity contribution in [2.45, 2.75) is 50.0 Å². The Balaban J connectivity index is 1.30. The lowest BCUT2D eigenvalue weighted by Gasteiger charge is -2.38. The predicted octanol–water partition coefficient (Wildman–Crippen LogP) is 4.14. The summed E-state index contributed by atoms with van der Waals surface area (Å²) in [5.41, 5.74) is 0.854. The molecule has 2 aliphatic heterocycles. The largest absolute Gasteiger partial charge is 0.493 e. The first-order valence-electron chi connectivity index (χ1n) is 11.4. The van der Waals surface area contributed by atoms with Crippen LogP contribution in [0.5, 0.6) is 11.5 Å². The van der Waals surface area contributed by atoms with Crippen LogP contribution in [0.25, 0.3) is 0 Å². The number of nitrogens with zero attached hydrogens (tertiary/aromatic N) is 1. The number of ether oxygens (including phenoxy) is 2. The molecule has 2 N–H and O–H groups in total. The Kier molecular flexibility index (Phi) is 7.16. The van der Waals surface area contributed by atoms with Gasteiger partial charge in [0, 0.05) is 30.0 Å². The zero-order valence-corrected chi connectivity index (χ0v) is 18.5. The predicted molar refractivity (Wildman–Crippen MR) is 117 cm³/mol. The van der Waals surface area contributed by atoms with Gasteiger partial charge in [-0.1, -0.05) is 24.3 Å². The van der Waals surface area contributed by atoms with Crippen molar-refractivity contribution in [3.63, 3.8) is 0 Å². The minimum atomic E-state index is -4.35. The van der Waals surface area contributed by atoms with Crippen molar-refractivity contribution in [3.05, 3.63) is 59.2 Å². The van der Waals surface area contributed by atoms with E-state index in [1.165, 1.54) is 17.7 Å². The molecule has 0 saturated carbocycles. The van der Waals surface area contributed by atoms with E-state index in [1.54, 1.807) is 6.07 Å². The van der Waals surface area contributed by atoms with E-state index in [-0.39, 0.29) is 11.0 Å². The lowest BCUT2D eigenvalue weighted by molar-refractivity contribution is -0.138. The molecule has 2 heterocycles. The topological polar surface area (TPSA) is 62.2 Å². The number of halogens is 3. The Labute approximate surface area is 191 Å². The average Bonchev–Trinajstić information content (AvgIpc) is 3.13. The summed E-state index contributed by atoms with van der Waals surface area (Å²) in [5, 5.41) is 18.2. The number of rotatable bonds is 8. The van der Waals surface area contributed by atoms with E-state index in [2.05, 4.69) is 4.90 Å². The number of alkyl halides is 3.